The highest BCUT2D eigenvalue weighted by Crippen LogP contribution is 2.42. The molecule has 0 aliphatic carbocycles. The number of amides is 2. The molecule has 2 aromatic rings. The summed E-state index contributed by atoms with van der Waals surface area (Å²) in [5.74, 6) is -1.77. The lowest BCUT2D eigenvalue weighted by atomic mass is 10.1. The van der Waals surface area contributed by atoms with Crippen LogP contribution in [-0.4, -0.2) is 34.0 Å². The molecule has 2 amide bonds. The van der Waals surface area contributed by atoms with E-state index in [0.29, 0.717) is 22.3 Å². The van der Waals surface area contributed by atoms with Gasteiger partial charge in [-0.3, -0.25) is 29.4 Å². The maximum Gasteiger partial charge on any atom is 0.353 e. The van der Waals surface area contributed by atoms with Crippen LogP contribution in [0.3, 0.4) is 0 Å². The summed E-state index contributed by atoms with van der Waals surface area (Å²) in [5, 5.41) is 11.6. The van der Waals surface area contributed by atoms with E-state index in [4.69, 9.17) is 21.1 Å². The van der Waals surface area contributed by atoms with Crippen LogP contribution in [0.25, 0.3) is 6.08 Å². The van der Waals surface area contributed by atoms with E-state index in [1.807, 2.05) is 0 Å². The van der Waals surface area contributed by atoms with Crippen molar-refractivity contribution in [2.75, 3.05) is 7.11 Å². The van der Waals surface area contributed by atoms with Crippen molar-refractivity contribution in [3.63, 3.8) is 0 Å². The molecule has 2 aromatic carbocycles. The zero-order valence-corrected chi connectivity index (χ0v) is 17.9. The van der Waals surface area contributed by atoms with Crippen LogP contribution in [0.4, 0.5) is 10.5 Å². The van der Waals surface area contributed by atoms with Crippen LogP contribution in [-0.2, 0) is 16.1 Å². The summed E-state index contributed by atoms with van der Waals surface area (Å²) in [6, 6.07) is 9.34. The van der Waals surface area contributed by atoms with E-state index in [0.717, 1.165) is 11.8 Å². The van der Waals surface area contributed by atoms with Crippen LogP contribution >= 0.6 is 23.4 Å². The number of esters is 1. The molecule has 1 aliphatic heterocycles. The summed E-state index contributed by atoms with van der Waals surface area (Å²) in [7, 11) is 1.21. The number of methoxy groups -OCH3 is 1. The topological polar surface area (TPSA) is 116 Å². The lowest BCUT2D eigenvalue weighted by Crippen LogP contribution is -2.27. The van der Waals surface area contributed by atoms with Gasteiger partial charge in [-0.2, -0.15) is 0 Å². The molecule has 1 aliphatic rings. The average Bonchev–Trinajstić information content (AvgIpc) is 2.97. The van der Waals surface area contributed by atoms with Gasteiger partial charge in [-0.05, 0) is 47.7 Å². The third-order valence-corrected chi connectivity index (χ3v) is 5.34. The van der Waals surface area contributed by atoms with Crippen LogP contribution in [0.2, 0.25) is 5.02 Å². The first-order chi connectivity index (χ1) is 14.7. The van der Waals surface area contributed by atoms with E-state index in [9.17, 15) is 24.5 Å². The van der Waals surface area contributed by atoms with Gasteiger partial charge in [0.05, 0.1) is 23.5 Å². The first kappa shape index (κ1) is 22.3. The van der Waals surface area contributed by atoms with Gasteiger partial charge in [0.25, 0.3) is 11.1 Å². The molecule has 0 saturated carbocycles. The summed E-state index contributed by atoms with van der Waals surface area (Å²) < 4.78 is 10.0. The van der Waals surface area contributed by atoms with E-state index in [1.165, 1.54) is 25.3 Å². The van der Waals surface area contributed by atoms with Crippen molar-refractivity contribution in [3.05, 3.63) is 67.6 Å². The minimum atomic E-state index is -0.749. The maximum absolute atomic E-state index is 12.8. The summed E-state index contributed by atoms with van der Waals surface area (Å²) in [5.41, 5.74) is 0.334. The van der Waals surface area contributed by atoms with Crippen molar-refractivity contribution in [3.8, 4) is 11.5 Å². The van der Waals surface area contributed by atoms with Gasteiger partial charge in [0, 0.05) is 17.5 Å². The van der Waals surface area contributed by atoms with Crippen LogP contribution in [0.15, 0.2) is 41.3 Å². The number of hydrogen-bond acceptors (Lipinski definition) is 8. The standard InChI is InChI=1S/C20H15ClN2O7S/c1-11(24)30-15-8-5-13(18(29-2)17(15)23(27)28)9-16-19(25)22(20(26)31-16)10-12-3-6-14(21)7-4-12/h3-9H,10H2,1-2H3/b16-9-. The van der Waals surface area contributed by atoms with Crippen LogP contribution < -0.4 is 9.47 Å². The Morgan fingerprint density at radius 2 is 1.90 bits per heavy atom. The molecule has 0 atom stereocenters. The predicted molar refractivity (Wildman–Crippen MR) is 114 cm³/mol. The predicted octanol–water partition coefficient (Wildman–Crippen LogP) is 4.42. The Morgan fingerprint density at radius 3 is 2.48 bits per heavy atom. The molecular formula is C20H15ClN2O7S. The number of nitro groups is 1. The van der Waals surface area contributed by atoms with E-state index in [2.05, 4.69) is 0 Å². The van der Waals surface area contributed by atoms with Crippen LogP contribution in [0, 0.1) is 10.1 Å². The molecule has 1 fully saturated rings. The molecule has 0 radical (unpaired) electrons. The van der Waals surface area contributed by atoms with Crippen LogP contribution in [0.5, 0.6) is 11.5 Å². The molecule has 0 bridgehead atoms. The van der Waals surface area contributed by atoms with E-state index in [1.54, 1.807) is 24.3 Å². The zero-order valence-electron chi connectivity index (χ0n) is 16.3. The monoisotopic (exact) mass is 462 g/mol. The fourth-order valence-corrected chi connectivity index (χ4v) is 3.81. The van der Waals surface area contributed by atoms with Crippen molar-refractivity contribution >= 4 is 52.2 Å². The fourth-order valence-electron chi connectivity index (χ4n) is 2.86. The van der Waals surface area contributed by atoms with Gasteiger partial charge in [0.1, 0.15) is 0 Å². The van der Waals surface area contributed by atoms with Gasteiger partial charge in [0.15, 0.2) is 0 Å². The van der Waals surface area contributed by atoms with Crippen molar-refractivity contribution in [1.82, 2.24) is 4.90 Å². The number of hydrogen-bond donors (Lipinski definition) is 0. The van der Waals surface area contributed by atoms with Crippen molar-refractivity contribution in [2.24, 2.45) is 0 Å². The van der Waals surface area contributed by atoms with Crippen molar-refractivity contribution in [1.29, 1.82) is 0 Å². The minimum Gasteiger partial charge on any atom is -0.490 e. The second kappa shape index (κ2) is 9.19. The summed E-state index contributed by atoms with van der Waals surface area (Å²) in [4.78, 5) is 48.3. The number of ether oxygens (including phenoxy) is 2. The Bertz CT molecular complexity index is 1120. The molecule has 0 aromatic heterocycles. The van der Waals surface area contributed by atoms with Gasteiger partial charge in [-0.25, -0.2) is 0 Å². The Hall–Kier alpha value is -3.37. The highest BCUT2D eigenvalue weighted by molar-refractivity contribution is 8.18. The number of thioether (sulfide) groups is 1. The average molecular weight is 463 g/mol. The fraction of sp³-hybridized carbons (Fsp3) is 0.150. The smallest absolute Gasteiger partial charge is 0.353 e. The first-order valence-electron chi connectivity index (χ1n) is 8.75. The number of carbonyl (C=O) groups excluding carboxylic acids is 3. The molecule has 31 heavy (non-hydrogen) atoms. The zero-order chi connectivity index (χ0) is 22.7. The largest absolute Gasteiger partial charge is 0.490 e. The molecule has 1 heterocycles. The third kappa shape index (κ3) is 4.86. The highest BCUT2D eigenvalue weighted by Gasteiger charge is 2.36. The Balaban J connectivity index is 1.95. The number of halogens is 1. The van der Waals surface area contributed by atoms with Crippen molar-refractivity contribution in [2.45, 2.75) is 13.5 Å². The normalized spacial score (nSPS) is 14.8. The lowest BCUT2D eigenvalue weighted by molar-refractivity contribution is -0.386. The molecular weight excluding hydrogens is 448 g/mol. The number of rotatable bonds is 6. The molecule has 0 N–H and O–H groups in total. The Labute approximate surface area is 185 Å². The van der Waals surface area contributed by atoms with Gasteiger partial charge in [-0.15, -0.1) is 0 Å². The quantitative estimate of drug-likeness (QED) is 0.203. The lowest BCUT2D eigenvalue weighted by Gasteiger charge is -2.12. The summed E-state index contributed by atoms with van der Waals surface area (Å²) in [6.45, 7) is 1.17. The molecule has 160 valence electrons. The van der Waals surface area contributed by atoms with Gasteiger partial charge in [-0.1, -0.05) is 23.7 Å². The summed E-state index contributed by atoms with van der Waals surface area (Å²) >= 11 is 6.56. The number of imide groups is 1. The Kier molecular flexibility index (Phi) is 6.62. The molecule has 11 heteroatoms. The first-order valence-corrected chi connectivity index (χ1v) is 9.94. The van der Waals surface area contributed by atoms with Gasteiger partial charge in [0.2, 0.25) is 11.5 Å². The van der Waals surface area contributed by atoms with Crippen LogP contribution in [0.1, 0.15) is 18.1 Å². The van der Waals surface area contributed by atoms with Gasteiger partial charge < -0.3 is 9.47 Å². The minimum absolute atomic E-state index is 0.0574. The van der Waals surface area contributed by atoms with E-state index in [-0.39, 0.29) is 28.5 Å². The van der Waals surface area contributed by atoms with Crippen molar-refractivity contribution < 1.29 is 28.8 Å². The molecule has 1 saturated heterocycles. The number of benzene rings is 2. The molecule has 9 nitrogen and oxygen atoms in total. The van der Waals surface area contributed by atoms with Gasteiger partial charge >= 0.3 is 11.7 Å². The highest BCUT2D eigenvalue weighted by atomic mass is 35.5. The molecule has 0 unspecified atom stereocenters. The second-order valence-electron chi connectivity index (χ2n) is 6.28. The molecule has 3 rings (SSSR count). The Morgan fingerprint density at radius 1 is 1.23 bits per heavy atom. The molecule has 0 spiro atoms. The number of carbonyl (C=O) groups is 3. The third-order valence-electron chi connectivity index (χ3n) is 4.18. The maximum atomic E-state index is 12.8. The number of nitrogens with zero attached hydrogens (tertiary/aromatic N) is 2. The summed E-state index contributed by atoms with van der Waals surface area (Å²) in [6.07, 6.45) is 1.33. The van der Waals surface area contributed by atoms with E-state index < -0.39 is 27.7 Å². The number of nitro benzene ring substituents is 1. The van der Waals surface area contributed by atoms with E-state index >= 15 is 0 Å². The second-order valence-corrected chi connectivity index (χ2v) is 7.71. The SMILES string of the molecule is COc1c(/C=C2\SC(=O)N(Cc3ccc(Cl)cc3)C2=O)ccc(OC(C)=O)c1[N+](=O)[O-].